The van der Waals surface area contributed by atoms with Crippen LogP contribution in [-0.4, -0.2) is 4.98 Å². The fourth-order valence-corrected chi connectivity index (χ4v) is 2.21. The number of hydrogen-bond acceptors (Lipinski definition) is 1. The van der Waals surface area contributed by atoms with Gasteiger partial charge in [0, 0.05) is 5.56 Å². The SMILES string of the molecule is CC1C=c2nc(-c3ccccc3)ccc2=CC1. The molecule has 84 valence electrons. The lowest BCUT2D eigenvalue weighted by Gasteiger charge is -2.08. The lowest BCUT2D eigenvalue weighted by Crippen LogP contribution is -2.31. The lowest BCUT2D eigenvalue weighted by atomic mass is 10.0. The van der Waals surface area contributed by atoms with E-state index >= 15 is 0 Å². The molecule has 0 radical (unpaired) electrons. The van der Waals surface area contributed by atoms with Crippen LogP contribution >= 0.6 is 0 Å². The van der Waals surface area contributed by atoms with Crippen LogP contribution in [0.25, 0.3) is 23.4 Å². The van der Waals surface area contributed by atoms with Crippen molar-refractivity contribution >= 4 is 12.2 Å². The number of rotatable bonds is 1. The number of nitrogens with zero attached hydrogens (tertiary/aromatic N) is 1. The molecule has 0 N–H and O–H groups in total. The molecule has 2 aromatic rings. The first-order chi connectivity index (χ1) is 8.33. The summed E-state index contributed by atoms with van der Waals surface area (Å²) in [6, 6.07) is 14.6. The maximum absolute atomic E-state index is 4.75. The number of pyridine rings is 1. The summed E-state index contributed by atoms with van der Waals surface area (Å²) >= 11 is 0. The maximum Gasteiger partial charge on any atom is 0.0709 e. The van der Waals surface area contributed by atoms with Crippen LogP contribution in [0.15, 0.2) is 42.5 Å². The molecule has 1 aromatic carbocycles. The summed E-state index contributed by atoms with van der Waals surface area (Å²) in [5, 5.41) is 2.40. The predicted octanol–water partition coefficient (Wildman–Crippen LogP) is 2.35. The van der Waals surface area contributed by atoms with Crippen LogP contribution in [0.5, 0.6) is 0 Å². The Balaban J connectivity index is 2.17. The van der Waals surface area contributed by atoms with Crippen molar-refractivity contribution in [3.63, 3.8) is 0 Å². The minimum absolute atomic E-state index is 0.598. The average molecular weight is 221 g/mol. The van der Waals surface area contributed by atoms with E-state index in [1.54, 1.807) is 0 Å². The third-order valence-corrected chi connectivity index (χ3v) is 3.18. The second-order valence-electron chi connectivity index (χ2n) is 4.62. The van der Waals surface area contributed by atoms with Crippen LogP contribution in [0.3, 0.4) is 0 Å². The lowest BCUT2D eigenvalue weighted by molar-refractivity contribution is 0.795. The zero-order chi connectivity index (χ0) is 11.7. The van der Waals surface area contributed by atoms with Gasteiger partial charge >= 0.3 is 0 Å². The maximum atomic E-state index is 4.75. The molecule has 1 unspecified atom stereocenters. The molecule has 0 fully saturated rings. The molecule has 0 bridgehead atoms. The third kappa shape index (κ3) is 2.01. The molecular weight excluding hydrogens is 206 g/mol. The Morgan fingerprint density at radius 3 is 2.71 bits per heavy atom. The fraction of sp³-hybridized carbons (Fsp3) is 0.188. The molecule has 1 aromatic heterocycles. The standard InChI is InChI=1S/C16H15N/c1-12-7-8-14-9-10-15(17-16(14)11-12)13-5-3-2-4-6-13/h2-6,8-12H,7H2,1H3. The van der Waals surface area contributed by atoms with Crippen molar-refractivity contribution in [3.8, 4) is 11.3 Å². The number of hydrogen-bond donors (Lipinski definition) is 0. The van der Waals surface area contributed by atoms with Gasteiger partial charge in [-0.1, -0.05) is 55.5 Å². The summed E-state index contributed by atoms with van der Waals surface area (Å²) < 4.78 is 0. The quantitative estimate of drug-likeness (QED) is 0.720. The summed E-state index contributed by atoms with van der Waals surface area (Å²) in [5.41, 5.74) is 2.24. The largest absolute Gasteiger partial charge is 0.248 e. The summed E-state index contributed by atoms with van der Waals surface area (Å²) in [4.78, 5) is 4.75. The van der Waals surface area contributed by atoms with Gasteiger partial charge in [0.2, 0.25) is 0 Å². The third-order valence-electron chi connectivity index (χ3n) is 3.18. The van der Waals surface area contributed by atoms with Crippen LogP contribution in [-0.2, 0) is 0 Å². The van der Waals surface area contributed by atoms with Crippen molar-refractivity contribution in [3.05, 3.63) is 53.0 Å². The predicted molar refractivity (Wildman–Crippen MR) is 71.6 cm³/mol. The molecule has 1 aliphatic carbocycles. The van der Waals surface area contributed by atoms with E-state index in [1.807, 2.05) is 6.07 Å². The Bertz CT molecular complexity index is 641. The van der Waals surface area contributed by atoms with Crippen molar-refractivity contribution in [2.45, 2.75) is 13.3 Å². The van der Waals surface area contributed by atoms with Gasteiger partial charge in [0.1, 0.15) is 0 Å². The minimum Gasteiger partial charge on any atom is -0.248 e. The molecule has 1 atom stereocenters. The molecule has 0 spiro atoms. The number of fused-ring (bicyclic) bond motifs is 1. The normalized spacial score (nSPS) is 17.8. The summed E-state index contributed by atoms with van der Waals surface area (Å²) in [5.74, 6) is 0.598. The Hall–Kier alpha value is -1.89. The van der Waals surface area contributed by atoms with Gasteiger partial charge < -0.3 is 0 Å². The smallest absolute Gasteiger partial charge is 0.0709 e. The zero-order valence-electron chi connectivity index (χ0n) is 9.93. The van der Waals surface area contributed by atoms with Gasteiger partial charge in [-0.05, 0) is 23.6 Å². The van der Waals surface area contributed by atoms with Crippen molar-refractivity contribution in [2.75, 3.05) is 0 Å². The molecule has 0 saturated heterocycles. The van der Waals surface area contributed by atoms with Crippen molar-refractivity contribution < 1.29 is 0 Å². The highest BCUT2D eigenvalue weighted by molar-refractivity contribution is 5.59. The van der Waals surface area contributed by atoms with Crippen LogP contribution < -0.4 is 10.6 Å². The van der Waals surface area contributed by atoms with E-state index in [4.69, 9.17) is 4.98 Å². The molecule has 1 aliphatic rings. The van der Waals surface area contributed by atoms with Crippen LogP contribution in [0.4, 0.5) is 0 Å². The van der Waals surface area contributed by atoms with Gasteiger partial charge in [-0.2, -0.15) is 0 Å². The second kappa shape index (κ2) is 4.17. The van der Waals surface area contributed by atoms with Crippen LogP contribution in [0, 0.1) is 5.92 Å². The zero-order valence-corrected chi connectivity index (χ0v) is 9.93. The van der Waals surface area contributed by atoms with E-state index in [9.17, 15) is 0 Å². The van der Waals surface area contributed by atoms with Gasteiger partial charge in [-0.25, -0.2) is 4.98 Å². The highest BCUT2D eigenvalue weighted by atomic mass is 14.7. The molecule has 1 heterocycles. The van der Waals surface area contributed by atoms with E-state index in [0.717, 1.165) is 17.5 Å². The fourth-order valence-electron chi connectivity index (χ4n) is 2.21. The van der Waals surface area contributed by atoms with Crippen LogP contribution in [0.1, 0.15) is 13.3 Å². The molecule has 0 amide bonds. The van der Waals surface area contributed by atoms with Gasteiger partial charge in [0.05, 0.1) is 11.0 Å². The summed E-state index contributed by atoms with van der Waals surface area (Å²) in [7, 11) is 0. The highest BCUT2D eigenvalue weighted by Crippen LogP contribution is 2.14. The van der Waals surface area contributed by atoms with E-state index in [0.29, 0.717) is 5.92 Å². The molecule has 0 aliphatic heterocycles. The Labute approximate surface area is 101 Å². The molecule has 17 heavy (non-hydrogen) atoms. The molecule has 1 nitrogen and oxygen atoms in total. The summed E-state index contributed by atoms with van der Waals surface area (Å²) in [6.07, 6.45) is 5.67. The molecule has 3 rings (SSSR count). The monoisotopic (exact) mass is 221 g/mol. The highest BCUT2D eigenvalue weighted by Gasteiger charge is 2.04. The first kappa shape index (κ1) is 10.3. The molecule has 0 saturated carbocycles. The van der Waals surface area contributed by atoms with Crippen LogP contribution in [0.2, 0.25) is 0 Å². The average Bonchev–Trinajstić information content (AvgIpc) is 2.39. The van der Waals surface area contributed by atoms with Crippen molar-refractivity contribution in [1.29, 1.82) is 0 Å². The van der Waals surface area contributed by atoms with E-state index in [-0.39, 0.29) is 0 Å². The summed E-state index contributed by atoms with van der Waals surface area (Å²) in [6.45, 7) is 2.23. The topological polar surface area (TPSA) is 12.9 Å². The minimum atomic E-state index is 0.598. The Kier molecular flexibility index (Phi) is 2.52. The molecule has 1 heteroatoms. The number of benzene rings is 1. The molecular formula is C16H15N. The van der Waals surface area contributed by atoms with Gasteiger partial charge in [0.15, 0.2) is 0 Å². The van der Waals surface area contributed by atoms with E-state index < -0.39 is 0 Å². The first-order valence-electron chi connectivity index (χ1n) is 6.07. The van der Waals surface area contributed by atoms with Gasteiger partial charge in [-0.15, -0.1) is 0 Å². The Morgan fingerprint density at radius 1 is 1.06 bits per heavy atom. The number of aromatic nitrogens is 1. The second-order valence-corrected chi connectivity index (χ2v) is 4.62. The van der Waals surface area contributed by atoms with E-state index in [1.165, 1.54) is 10.8 Å². The van der Waals surface area contributed by atoms with Crippen molar-refractivity contribution in [2.24, 2.45) is 5.92 Å². The first-order valence-corrected chi connectivity index (χ1v) is 6.07. The Morgan fingerprint density at radius 2 is 1.88 bits per heavy atom. The van der Waals surface area contributed by atoms with Crippen molar-refractivity contribution in [1.82, 2.24) is 4.98 Å². The van der Waals surface area contributed by atoms with Gasteiger partial charge in [0.25, 0.3) is 0 Å². The van der Waals surface area contributed by atoms with E-state index in [2.05, 4.69) is 55.5 Å². The van der Waals surface area contributed by atoms with Gasteiger partial charge in [-0.3, -0.25) is 0 Å².